The third kappa shape index (κ3) is 5.98. The lowest BCUT2D eigenvalue weighted by Crippen LogP contribution is -2.41. The van der Waals surface area contributed by atoms with Gasteiger partial charge in [-0.2, -0.15) is 13.2 Å². The molecule has 2 rings (SSSR count). The van der Waals surface area contributed by atoms with Crippen molar-refractivity contribution < 1.29 is 26.4 Å². The van der Waals surface area contributed by atoms with Gasteiger partial charge in [0.25, 0.3) is 0 Å². The molecule has 164 valence electrons. The van der Waals surface area contributed by atoms with Gasteiger partial charge in [-0.15, -0.1) is 0 Å². The molecule has 0 aliphatic carbocycles. The molecule has 0 aliphatic heterocycles. The molecule has 0 aliphatic rings. The van der Waals surface area contributed by atoms with Gasteiger partial charge in [0.1, 0.15) is 6.54 Å². The van der Waals surface area contributed by atoms with Crippen LogP contribution in [0.4, 0.5) is 18.9 Å². The highest BCUT2D eigenvalue weighted by molar-refractivity contribution is 7.92. The number of sulfonamides is 1. The molecule has 0 saturated heterocycles. The Bertz CT molecular complexity index is 1000. The Morgan fingerprint density at radius 1 is 1.10 bits per heavy atom. The second kappa shape index (κ2) is 9.07. The molecule has 0 radical (unpaired) electrons. The minimum Gasteiger partial charge on any atom is -0.348 e. The Hall–Kier alpha value is -2.55. The second-order valence-electron chi connectivity index (χ2n) is 7.20. The van der Waals surface area contributed by atoms with Crippen LogP contribution in [-0.2, 0) is 21.0 Å². The van der Waals surface area contributed by atoms with Crippen molar-refractivity contribution in [2.24, 2.45) is 0 Å². The quantitative estimate of drug-likeness (QED) is 0.693. The Morgan fingerprint density at radius 3 is 2.17 bits per heavy atom. The standard InChI is InChI=1S/C21H25F3N2O3S/c1-5-19(18-11-6-14(2)12-15(18)3)25-20(27)13-26(30(4,28)29)17-9-7-16(8-10-17)21(22,23)24/h6-12,19H,5,13H2,1-4H3,(H,25,27). The van der Waals surface area contributed by atoms with Crippen LogP contribution in [-0.4, -0.2) is 27.1 Å². The van der Waals surface area contributed by atoms with Crippen molar-refractivity contribution >= 4 is 21.6 Å². The predicted octanol–water partition coefficient (Wildman–Crippen LogP) is 4.36. The van der Waals surface area contributed by atoms with E-state index < -0.39 is 34.2 Å². The first kappa shape index (κ1) is 23.7. The third-order valence-corrected chi connectivity index (χ3v) is 5.85. The number of hydrogen-bond acceptors (Lipinski definition) is 3. The molecule has 1 unspecified atom stereocenters. The number of alkyl halides is 3. The van der Waals surface area contributed by atoms with Gasteiger partial charge >= 0.3 is 6.18 Å². The Kier molecular flexibility index (Phi) is 7.18. The first-order chi connectivity index (χ1) is 13.8. The molecule has 0 bridgehead atoms. The Labute approximate surface area is 175 Å². The van der Waals surface area contributed by atoms with Gasteiger partial charge in [0, 0.05) is 0 Å². The number of carbonyl (C=O) groups is 1. The zero-order valence-electron chi connectivity index (χ0n) is 17.2. The van der Waals surface area contributed by atoms with Gasteiger partial charge in [-0.25, -0.2) is 8.42 Å². The van der Waals surface area contributed by atoms with Gasteiger partial charge in [0.2, 0.25) is 15.9 Å². The summed E-state index contributed by atoms with van der Waals surface area (Å²) in [5.74, 6) is -0.549. The van der Waals surface area contributed by atoms with Crippen molar-refractivity contribution in [1.82, 2.24) is 5.32 Å². The van der Waals surface area contributed by atoms with Gasteiger partial charge in [-0.1, -0.05) is 30.7 Å². The van der Waals surface area contributed by atoms with Crippen LogP contribution in [0.2, 0.25) is 0 Å². The summed E-state index contributed by atoms with van der Waals surface area (Å²) in [5.41, 5.74) is 2.11. The number of hydrogen-bond donors (Lipinski definition) is 1. The summed E-state index contributed by atoms with van der Waals surface area (Å²) in [6.45, 7) is 5.26. The summed E-state index contributed by atoms with van der Waals surface area (Å²) in [6, 6.07) is 9.19. The lowest BCUT2D eigenvalue weighted by molar-refractivity contribution is -0.137. The minimum absolute atomic E-state index is 0.0137. The first-order valence-corrected chi connectivity index (χ1v) is 11.2. The van der Waals surface area contributed by atoms with E-state index in [9.17, 15) is 26.4 Å². The zero-order valence-corrected chi connectivity index (χ0v) is 18.1. The Morgan fingerprint density at radius 2 is 1.70 bits per heavy atom. The average Bonchev–Trinajstić information content (AvgIpc) is 2.63. The van der Waals surface area contributed by atoms with Crippen LogP contribution in [0.3, 0.4) is 0 Å². The second-order valence-corrected chi connectivity index (χ2v) is 9.11. The average molecular weight is 443 g/mol. The summed E-state index contributed by atoms with van der Waals surface area (Å²) >= 11 is 0. The van der Waals surface area contributed by atoms with Crippen LogP contribution in [0, 0.1) is 13.8 Å². The number of carbonyl (C=O) groups excluding carboxylic acids is 1. The van der Waals surface area contributed by atoms with Crippen LogP contribution in [0.1, 0.15) is 41.6 Å². The van der Waals surface area contributed by atoms with Crippen LogP contribution in [0.5, 0.6) is 0 Å². The maximum atomic E-state index is 12.8. The lowest BCUT2D eigenvalue weighted by Gasteiger charge is -2.25. The molecular formula is C21H25F3N2O3S. The molecule has 1 N–H and O–H groups in total. The minimum atomic E-state index is -4.54. The largest absolute Gasteiger partial charge is 0.416 e. The molecule has 5 nitrogen and oxygen atoms in total. The summed E-state index contributed by atoms with van der Waals surface area (Å²) in [7, 11) is -3.89. The third-order valence-electron chi connectivity index (χ3n) is 4.71. The van der Waals surface area contributed by atoms with Gasteiger partial charge in [0.05, 0.1) is 23.5 Å². The number of anilines is 1. The molecule has 30 heavy (non-hydrogen) atoms. The fraction of sp³-hybridized carbons (Fsp3) is 0.381. The van der Waals surface area contributed by atoms with E-state index in [2.05, 4.69) is 5.32 Å². The van der Waals surface area contributed by atoms with Gasteiger partial charge in [-0.3, -0.25) is 9.10 Å². The van der Waals surface area contributed by atoms with E-state index in [-0.39, 0.29) is 11.7 Å². The van der Waals surface area contributed by atoms with Crippen molar-refractivity contribution in [3.8, 4) is 0 Å². The molecule has 9 heteroatoms. The van der Waals surface area contributed by atoms with Gasteiger partial charge in [0.15, 0.2) is 0 Å². The maximum Gasteiger partial charge on any atom is 0.416 e. The maximum absolute atomic E-state index is 12.8. The normalized spacial score (nSPS) is 13.0. The number of benzene rings is 2. The van der Waals surface area contributed by atoms with Crippen molar-refractivity contribution in [1.29, 1.82) is 0 Å². The number of rotatable bonds is 7. The monoisotopic (exact) mass is 442 g/mol. The zero-order chi connectivity index (χ0) is 22.7. The smallest absolute Gasteiger partial charge is 0.348 e. The van der Waals surface area contributed by atoms with Crippen LogP contribution >= 0.6 is 0 Å². The molecular weight excluding hydrogens is 417 g/mol. The van der Waals surface area contributed by atoms with Crippen molar-refractivity contribution in [3.05, 3.63) is 64.7 Å². The summed E-state index contributed by atoms with van der Waals surface area (Å²) in [6.07, 6.45) is -3.04. The van der Waals surface area contributed by atoms with Crippen molar-refractivity contribution in [2.75, 3.05) is 17.1 Å². The topological polar surface area (TPSA) is 66.5 Å². The van der Waals surface area contributed by atoms with E-state index in [0.29, 0.717) is 6.42 Å². The van der Waals surface area contributed by atoms with Crippen molar-refractivity contribution in [3.63, 3.8) is 0 Å². The molecule has 1 atom stereocenters. The molecule has 0 heterocycles. The predicted molar refractivity (Wildman–Crippen MR) is 111 cm³/mol. The van der Waals surface area contributed by atoms with E-state index in [1.165, 1.54) is 0 Å². The summed E-state index contributed by atoms with van der Waals surface area (Å²) in [5, 5.41) is 2.83. The molecule has 2 aromatic carbocycles. The van der Waals surface area contributed by atoms with Gasteiger partial charge < -0.3 is 5.32 Å². The van der Waals surface area contributed by atoms with Gasteiger partial charge in [-0.05, 0) is 55.7 Å². The highest BCUT2D eigenvalue weighted by atomic mass is 32.2. The lowest BCUT2D eigenvalue weighted by atomic mass is 9.97. The number of halogens is 3. The highest BCUT2D eigenvalue weighted by Crippen LogP contribution is 2.31. The molecule has 0 aromatic heterocycles. The van der Waals surface area contributed by atoms with E-state index >= 15 is 0 Å². The van der Waals surface area contributed by atoms with Crippen LogP contribution < -0.4 is 9.62 Å². The molecule has 0 fully saturated rings. The van der Waals surface area contributed by atoms with E-state index in [1.54, 1.807) is 0 Å². The summed E-state index contributed by atoms with van der Waals surface area (Å²) in [4.78, 5) is 12.6. The van der Waals surface area contributed by atoms with Crippen LogP contribution in [0.25, 0.3) is 0 Å². The van der Waals surface area contributed by atoms with Crippen molar-refractivity contribution in [2.45, 2.75) is 39.4 Å². The van der Waals surface area contributed by atoms with E-state index in [4.69, 9.17) is 0 Å². The van der Waals surface area contributed by atoms with Crippen LogP contribution in [0.15, 0.2) is 42.5 Å². The highest BCUT2D eigenvalue weighted by Gasteiger charge is 2.31. The number of nitrogens with one attached hydrogen (secondary N) is 1. The van der Waals surface area contributed by atoms with E-state index in [1.807, 2.05) is 39.0 Å². The number of amides is 1. The number of aryl methyl sites for hydroxylation is 2. The number of nitrogens with zero attached hydrogens (tertiary/aromatic N) is 1. The molecule has 1 amide bonds. The fourth-order valence-electron chi connectivity index (χ4n) is 3.20. The van der Waals surface area contributed by atoms with E-state index in [0.717, 1.165) is 51.5 Å². The Balaban J connectivity index is 2.23. The SMILES string of the molecule is CCC(NC(=O)CN(c1ccc(C(F)(F)F)cc1)S(C)(=O)=O)c1ccc(C)cc1C. The summed E-state index contributed by atoms with van der Waals surface area (Å²) < 4.78 is 63.5. The molecule has 2 aromatic rings. The fourth-order valence-corrected chi connectivity index (χ4v) is 4.06. The molecule has 0 spiro atoms. The molecule has 0 saturated carbocycles. The first-order valence-electron chi connectivity index (χ1n) is 9.34.